The van der Waals surface area contributed by atoms with Crippen LogP contribution < -0.4 is 4.90 Å². The van der Waals surface area contributed by atoms with E-state index in [9.17, 15) is 13.2 Å². The van der Waals surface area contributed by atoms with Gasteiger partial charge in [0.15, 0.2) is 0 Å². The number of carbonyl (C=O) groups excluding carboxylic acids is 1. The average Bonchev–Trinajstić information content (AvgIpc) is 3.33. The van der Waals surface area contributed by atoms with Gasteiger partial charge in [0, 0.05) is 30.2 Å². The minimum Gasteiger partial charge on any atom is -0.312 e. The van der Waals surface area contributed by atoms with Gasteiger partial charge in [-0.2, -0.15) is 4.31 Å². The lowest BCUT2D eigenvalue weighted by Crippen LogP contribution is -2.36. The summed E-state index contributed by atoms with van der Waals surface area (Å²) in [6, 6.07) is 9.65. The highest BCUT2D eigenvalue weighted by Crippen LogP contribution is 2.31. The summed E-state index contributed by atoms with van der Waals surface area (Å²) in [6.45, 7) is 3.98. The highest BCUT2D eigenvalue weighted by Gasteiger charge is 2.29. The van der Waals surface area contributed by atoms with E-state index in [-0.39, 0.29) is 12.3 Å². The minimum absolute atomic E-state index is 0.0340. The predicted molar refractivity (Wildman–Crippen MR) is 108 cm³/mol. The number of nitrogens with zero attached hydrogens (tertiary/aromatic N) is 2. The number of fused-ring (bicyclic) bond motifs is 1. The second-order valence-electron chi connectivity index (χ2n) is 7.29. The fourth-order valence-electron chi connectivity index (χ4n) is 3.88. The summed E-state index contributed by atoms with van der Waals surface area (Å²) < 4.78 is 27.2. The predicted octanol–water partition coefficient (Wildman–Crippen LogP) is 3.36. The van der Waals surface area contributed by atoms with Crippen LogP contribution >= 0.6 is 11.3 Å². The fraction of sp³-hybridized carbons (Fsp3) is 0.450. The fourth-order valence-corrected chi connectivity index (χ4v) is 6.90. The Bertz CT molecular complexity index is 959. The monoisotopic (exact) mass is 404 g/mol. The molecule has 7 heteroatoms. The summed E-state index contributed by atoms with van der Waals surface area (Å²) >= 11 is 1.23. The van der Waals surface area contributed by atoms with Crippen LogP contribution in [0.2, 0.25) is 0 Å². The van der Waals surface area contributed by atoms with Gasteiger partial charge >= 0.3 is 0 Å². The average molecular weight is 405 g/mol. The van der Waals surface area contributed by atoms with Crippen molar-refractivity contribution < 1.29 is 13.2 Å². The first kappa shape index (κ1) is 18.7. The van der Waals surface area contributed by atoms with E-state index in [1.165, 1.54) is 22.5 Å². The largest absolute Gasteiger partial charge is 0.312 e. The lowest BCUT2D eigenvalue weighted by molar-refractivity contribution is -0.118. The number of sulfonamides is 1. The second kappa shape index (κ2) is 7.37. The van der Waals surface area contributed by atoms with Crippen LogP contribution in [-0.2, 0) is 27.7 Å². The summed E-state index contributed by atoms with van der Waals surface area (Å²) in [7, 11) is -3.41. The first-order valence-corrected chi connectivity index (χ1v) is 11.7. The van der Waals surface area contributed by atoms with Crippen molar-refractivity contribution in [1.82, 2.24) is 4.31 Å². The first-order chi connectivity index (χ1) is 12.9. The summed E-state index contributed by atoms with van der Waals surface area (Å²) in [6.07, 6.45) is 4.04. The molecule has 1 fully saturated rings. The molecule has 0 atom stereocenters. The smallest absolute Gasteiger partial charge is 0.252 e. The summed E-state index contributed by atoms with van der Waals surface area (Å²) in [5, 5.41) is 0. The van der Waals surface area contributed by atoms with Crippen molar-refractivity contribution in [3.05, 3.63) is 46.3 Å². The molecule has 27 heavy (non-hydrogen) atoms. The van der Waals surface area contributed by atoms with Crippen LogP contribution in [0.1, 0.15) is 35.3 Å². The van der Waals surface area contributed by atoms with Gasteiger partial charge in [0.1, 0.15) is 4.21 Å². The lowest BCUT2D eigenvalue weighted by Gasteiger charge is -2.29. The zero-order valence-corrected chi connectivity index (χ0v) is 17.1. The van der Waals surface area contributed by atoms with Gasteiger partial charge in [-0.3, -0.25) is 4.79 Å². The molecule has 3 heterocycles. The molecule has 0 radical (unpaired) electrons. The van der Waals surface area contributed by atoms with Crippen molar-refractivity contribution >= 4 is 33.0 Å². The number of hydrogen-bond acceptors (Lipinski definition) is 4. The highest BCUT2D eigenvalue weighted by atomic mass is 32.2. The Kier molecular flexibility index (Phi) is 5.09. The van der Waals surface area contributed by atoms with Crippen LogP contribution in [0.5, 0.6) is 0 Å². The molecule has 0 bridgehead atoms. The molecule has 2 aliphatic rings. The normalized spacial score (nSPS) is 17.9. The molecule has 2 aliphatic heterocycles. The van der Waals surface area contributed by atoms with Gasteiger partial charge in [-0.25, -0.2) is 8.42 Å². The Morgan fingerprint density at radius 3 is 2.63 bits per heavy atom. The van der Waals surface area contributed by atoms with Crippen molar-refractivity contribution in [3.8, 4) is 0 Å². The van der Waals surface area contributed by atoms with Crippen molar-refractivity contribution in [3.63, 3.8) is 0 Å². The van der Waals surface area contributed by atoms with E-state index in [1.54, 1.807) is 16.4 Å². The number of rotatable bonds is 4. The third-order valence-corrected chi connectivity index (χ3v) is 8.73. The second-order valence-corrected chi connectivity index (χ2v) is 10.6. The molecule has 1 aromatic carbocycles. The van der Waals surface area contributed by atoms with Crippen molar-refractivity contribution in [1.29, 1.82) is 0 Å². The number of hydrogen-bond donors (Lipinski definition) is 0. The van der Waals surface area contributed by atoms with E-state index < -0.39 is 10.0 Å². The number of carbonyl (C=O) groups is 1. The SMILES string of the molecule is Cc1ccc2c(c1)CCCN2C(=O)Cc1ccc(S(=O)(=O)N2CCCC2)s1. The molecule has 0 saturated carbocycles. The van der Waals surface area contributed by atoms with Gasteiger partial charge < -0.3 is 4.90 Å². The molecule has 0 N–H and O–H groups in total. The van der Waals surface area contributed by atoms with Gasteiger partial charge in [-0.15, -0.1) is 11.3 Å². The number of amides is 1. The third-order valence-electron chi connectivity index (χ3n) is 5.28. The molecule has 1 amide bonds. The number of benzene rings is 1. The topological polar surface area (TPSA) is 57.7 Å². The standard InChI is InChI=1S/C20H24N2O3S2/c1-15-6-8-18-16(13-15)5-4-12-22(18)19(23)14-17-7-9-20(26-17)27(24,25)21-10-2-3-11-21/h6-9,13H,2-5,10-12,14H2,1H3. The maximum Gasteiger partial charge on any atom is 0.252 e. The van der Waals surface area contributed by atoms with Crippen molar-refractivity contribution in [2.75, 3.05) is 24.5 Å². The van der Waals surface area contributed by atoms with E-state index in [4.69, 9.17) is 0 Å². The van der Waals surface area contributed by atoms with E-state index >= 15 is 0 Å². The van der Waals surface area contributed by atoms with E-state index in [2.05, 4.69) is 13.0 Å². The molecule has 2 aromatic rings. The maximum atomic E-state index is 12.9. The Balaban J connectivity index is 1.51. The lowest BCUT2D eigenvalue weighted by atomic mass is 9.99. The molecule has 144 valence electrons. The Morgan fingerprint density at radius 1 is 1.07 bits per heavy atom. The number of aryl methyl sites for hydroxylation is 2. The van der Waals surface area contributed by atoms with E-state index in [1.807, 2.05) is 17.0 Å². The van der Waals surface area contributed by atoms with Gasteiger partial charge in [0.05, 0.1) is 6.42 Å². The highest BCUT2D eigenvalue weighted by molar-refractivity contribution is 7.91. The quantitative estimate of drug-likeness (QED) is 0.785. The molecule has 0 aliphatic carbocycles. The zero-order chi connectivity index (χ0) is 19.0. The summed E-state index contributed by atoms with van der Waals surface area (Å²) in [5.41, 5.74) is 3.43. The molecule has 0 unspecified atom stereocenters. The van der Waals surface area contributed by atoms with Crippen molar-refractivity contribution in [2.24, 2.45) is 0 Å². The zero-order valence-electron chi connectivity index (χ0n) is 15.5. The van der Waals surface area contributed by atoms with Gasteiger partial charge in [-0.05, 0) is 56.4 Å². The molecule has 1 aromatic heterocycles. The van der Waals surface area contributed by atoms with E-state index in [0.717, 1.165) is 42.8 Å². The third kappa shape index (κ3) is 3.68. The van der Waals surface area contributed by atoms with Crippen LogP contribution in [0, 0.1) is 6.92 Å². The van der Waals surface area contributed by atoms with Gasteiger partial charge in [0.25, 0.3) is 10.0 Å². The molecular formula is C20H24N2O3S2. The summed E-state index contributed by atoms with van der Waals surface area (Å²) in [5.74, 6) is 0.0340. The Hall–Kier alpha value is -1.70. The Labute approximate surface area is 164 Å². The molecule has 1 saturated heterocycles. The molecular weight excluding hydrogens is 380 g/mol. The van der Waals surface area contributed by atoms with Gasteiger partial charge in [0.2, 0.25) is 5.91 Å². The van der Waals surface area contributed by atoms with Crippen LogP contribution in [0.3, 0.4) is 0 Å². The first-order valence-electron chi connectivity index (χ1n) is 9.44. The molecule has 5 nitrogen and oxygen atoms in total. The molecule has 4 rings (SSSR count). The maximum absolute atomic E-state index is 12.9. The van der Waals surface area contributed by atoms with Crippen molar-refractivity contribution in [2.45, 2.75) is 43.2 Å². The Morgan fingerprint density at radius 2 is 1.85 bits per heavy atom. The van der Waals surface area contributed by atoms with E-state index in [0.29, 0.717) is 17.3 Å². The molecule has 0 spiro atoms. The van der Waals surface area contributed by atoms with Crippen LogP contribution in [-0.4, -0.2) is 38.3 Å². The number of thiophene rings is 1. The van der Waals surface area contributed by atoms with Gasteiger partial charge in [-0.1, -0.05) is 17.7 Å². The summed E-state index contributed by atoms with van der Waals surface area (Å²) in [4.78, 5) is 15.6. The van der Waals surface area contributed by atoms with Crippen LogP contribution in [0.4, 0.5) is 5.69 Å². The van der Waals surface area contributed by atoms with Crippen LogP contribution in [0.25, 0.3) is 0 Å². The van der Waals surface area contributed by atoms with Crippen LogP contribution in [0.15, 0.2) is 34.5 Å². The number of anilines is 1. The minimum atomic E-state index is -3.41.